The highest BCUT2D eigenvalue weighted by atomic mass is 79.9. The number of hydrogen-bond donors (Lipinski definition) is 0. The molecule has 1 heterocycles. The summed E-state index contributed by atoms with van der Waals surface area (Å²) in [5, 5.41) is 8.76. The molecule has 0 spiro atoms. The fourth-order valence-electron chi connectivity index (χ4n) is 1.95. The van der Waals surface area contributed by atoms with E-state index in [2.05, 4.69) is 26.1 Å². The Bertz CT molecular complexity index is 796. The molecule has 3 rings (SSSR count). The molecule has 0 amide bonds. The number of hydrogen-bond acceptors (Lipinski definition) is 3. The Labute approximate surface area is 141 Å². The van der Waals surface area contributed by atoms with E-state index >= 15 is 0 Å². The van der Waals surface area contributed by atoms with E-state index in [1.54, 1.807) is 6.08 Å². The summed E-state index contributed by atoms with van der Waals surface area (Å²) < 4.78 is 6.66. The van der Waals surface area contributed by atoms with Crippen molar-refractivity contribution in [1.82, 2.24) is 10.2 Å². The zero-order chi connectivity index (χ0) is 15.4. The number of benzene rings is 2. The van der Waals surface area contributed by atoms with Crippen LogP contribution in [-0.4, -0.2) is 10.2 Å². The summed E-state index contributed by atoms with van der Waals surface area (Å²) in [6.45, 7) is 0. The second kappa shape index (κ2) is 6.90. The van der Waals surface area contributed by atoms with E-state index in [1.807, 2.05) is 54.6 Å². The van der Waals surface area contributed by atoms with Crippen LogP contribution in [0.15, 0.2) is 57.4 Å². The average Bonchev–Trinajstić information content (AvgIpc) is 2.96. The van der Waals surface area contributed by atoms with Gasteiger partial charge in [-0.15, -0.1) is 10.2 Å². The lowest BCUT2D eigenvalue weighted by Gasteiger charge is -1.96. The molecule has 0 bridgehead atoms. The first-order valence-corrected chi connectivity index (χ1v) is 7.87. The van der Waals surface area contributed by atoms with Crippen LogP contribution in [-0.2, 0) is 6.42 Å². The summed E-state index contributed by atoms with van der Waals surface area (Å²) >= 11 is 9.51. The van der Waals surface area contributed by atoms with Gasteiger partial charge in [-0.05, 0) is 35.4 Å². The van der Waals surface area contributed by atoms with Gasteiger partial charge in [-0.1, -0.05) is 57.9 Å². The molecular formula is C17H12BrClN2O. The minimum Gasteiger partial charge on any atom is -0.421 e. The van der Waals surface area contributed by atoms with Gasteiger partial charge in [-0.2, -0.15) is 0 Å². The Morgan fingerprint density at radius 3 is 2.55 bits per heavy atom. The Morgan fingerprint density at radius 2 is 1.77 bits per heavy atom. The lowest BCUT2D eigenvalue weighted by molar-refractivity contribution is 0.496. The maximum absolute atomic E-state index is 6.09. The molecule has 5 heteroatoms. The molecule has 3 nitrogen and oxygen atoms in total. The van der Waals surface area contributed by atoms with E-state index in [1.165, 1.54) is 0 Å². The lowest BCUT2D eigenvalue weighted by Crippen LogP contribution is -1.87. The molecule has 3 aromatic rings. The summed E-state index contributed by atoms with van der Waals surface area (Å²) in [5.74, 6) is 1.05. The highest BCUT2D eigenvalue weighted by Crippen LogP contribution is 2.18. The maximum Gasteiger partial charge on any atom is 0.240 e. The van der Waals surface area contributed by atoms with Crippen LogP contribution in [0.3, 0.4) is 0 Å². The number of rotatable bonds is 4. The van der Waals surface area contributed by atoms with Crippen LogP contribution in [0.2, 0.25) is 5.02 Å². The van der Waals surface area contributed by atoms with E-state index in [4.69, 9.17) is 16.0 Å². The van der Waals surface area contributed by atoms with Crippen molar-refractivity contribution in [3.05, 3.63) is 80.9 Å². The Morgan fingerprint density at radius 1 is 1.00 bits per heavy atom. The minimum absolute atomic E-state index is 0.465. The van der Waals surface area contributed by atoms with Crippen LogP contribution in [0.4, 0.5) is 0 Å². The summed E-state index contributed by atoms with van der Waals surface area (Å²) in [7, 11) is 0. The van der Waals surface area contributed by atoms with Gasteiger partial charge in [0.25, 0.3) is 0 Å². The molecular weight excluding hydrogens is 364 g/mol. The molecule has 0 saturated heterocycles. The number of halogens is 2. The molecule has 22 heavy (non-hydrogen) atoms. The normalized spacial score (nSPS) is 11.2. The third-order valence-electron chi connectivity index (χ3n) is 3.06. The van der Waals surface area contributed by atoms with Gasteiger partial charge in [-0.3, -0.25) is 0 Å². The standard InChI is InChI=1S/C17H12BrClN2O/c18-14-8-5-12(6-9-14)11-17-21-20-16(22-17)10-7-13-3-1-2-4-15(13)19/h1-10H,11H2/b10-7+. The zero-order valence-electron chi connectivity index (χ0n) is 11.5. The highest BCUT2D eigenvalue weighted by molar-refractivity contribution is 9.10. The fourth-order valence-corrected chi connectivity index (χ4v) is 2.42. The Hall–Kier alpha value is -1.91. The topological polar surface area (TPSA) is 38.9 Å². The van der Waals surface area contributed by atoms with E-state index < -0.39 is 0 Å². The van der Waals surface area contributed by atoms with Crippen molar-refractivity contribution in [2.75, 3.05) is 0 Å². The summed E-state index contributed by atoms with van der Waals surface area (Å²) in [4.78, 5) is 0. The van der Waals surface area contributed by atoms with Crippen LogP contribution in [0.5, 0.6) is 0 Å². The zero-order valence-corrected chi connectivity index (χ0v) is 13.9. The Kier molecular flexibility index (Phi) is 4.71. The van der Waals surface area contributed by atoms with E-state index in [-0.39, 0.29) is 0 Å². The Balaban J connectivity index is 1.71. The molecule has 0 atom stereocenters. The molecule has 0 N–H and O–H groups in total. The minimum atomic E-state index is 0.465. The predicted molar refractivity (Wildman–Crippen MR) is 91.6 cm³/mol. The van der Waals surface area contributed by atoms with Gasteiger partial charge in [0.05, 0.1) is 6.42 Å². The van der Waals surface area contributed by atoms with Crippen molar-refractivity contribution in [3.63, 3.8) is 0 Å². The van der Waals surface area contributed by atoms with Gasteiger partial charge in [0.1, 0.15) is 0 Å². The maximum atomic E-state index is 6.09. The van der Waals surface area contributed by atoms with Gasteiger partial charge in [0.2, 0.25) is 11.8 Å². The lowest BCUT2D eigenvalue weighted by atomic mass is 10.1. The molecule has 2 aromatic carbocycles. The van der Waals surface area contributed by atoms with Crippen LogP contribution in [0.25, 0.3) is 12.2 Å². The second-order valence-corrected chi connectivity index (χ2v) is 6.02. The molecule has 0 unspecified atom stereocenters. The molecule has 110 valence electrons. The van der Waals surface area contributed by atoms with Crippen molar-refractivity contribution in [2.45, 2.75) is 6.42 Å². The first-order chi connectivity index (χ1) is 10.7. The molecule has 0 radical (unpaired) electrons. The third-order valence-corrected chi connectivity index (χ3v) is 3.93. The molecule has 1 aromatic heterocycles. The smallest absolute Gasteiger partial charge is 0.240 e. The summed E-state index contributed by atoms with van der Waals surface area (Å²) in [6.07, 6.45) is 4.23. The fraction of sp³-hybridized carbons (Fsp3) is 0.0588. The molecule has 0 fully saturated rings. The largest absolute Gasteiger partial charge is 0.421 e. The quantitative estimate of drug-likeness (QED) is 0.625. The molecule has 0 saturated carbocycles. The first-order valence-electron chi connectivity index (χ1n) is 6.70. The van der Waals surface area contributed by atoms with E-state index in [0.29, 0.717) is 23.2 Å². The van der Waals surface area contributed by atoms with Crippen molar-refractivity contribution < 1.29 is 4.42 Å². The van der Waals surface area contributed by atoms with Gasteiger partial charge in [0, 0.05) is 15.6 Å². The number of aromatic nitrogens is 2. The van der Waals surface area contributed by atoms with Crippen LogP contribution >= 0.6 is 27.5 Å². The summed E-state index contributed by atoms with van der Waals surface area (Å²) in [6, 6.07) is 15.6. The second-order valence-electron chi connectivity index (χ2n) is 4.69. The van der Waals surface area contributed by atoms with Crippen LogP contribution < -0.4 is 0 Å². The predicted octanol–water partition coefficient (Wildman–Crippen LogP) is 5.25. The summed E-state index contributed by atoms with van der Waals surface area (Å²) in [5.41, 5.74) is 2.03. The van der Waals surface area contributed by atoms with E-state index in [0.717, 1.165) is 15.6 Å². The first kappa shape index (κ1) is 15.0. The SMILES string of the molecule is Clc1ccccc1/C=C/c1nnc(Cc2ccc(Br)cc2)o1. The van der Waals surface area contributed by atoms with Gasteiger partial charge in [0.15, 0.2) is 0 Å². The number of nitrogens with zero attached hydrogens (tertiary/aromatic N) is 2. The van der Waals surface area contributed by atoms with Gasteiger partial charge in [-0.25, -0.2) is 0 Å². The van der Waals surface area contributed by atoms with Crippen molar-refractivity contribution in [2.24, 2.45) is 0 Å². The van der Waals surface area contributed by atoms with Crippen molar-refractivity contribution in [1.29, 1.82) is 0 Å². The van der Waals surface area contributed by atoms with Crippen LogP contribution in [0.1, 0.15) is 22.9 Å². The third kappa shape index (κ3) is 3.84. The van der Waals surface area contributed by atoms with E-state index in [9.17, 15) is 0 Å². The average molecular weight is 376 g/mol. The molecule has 0 aliphatic carbocycles. The molecule has 0 aliphatic heterocycles. The van der Waals surface area contributed by atoms with Crippen LogP contribution in [0, 0.1) is 0 Å². The highest BCUT2D eigenvalue weighted by Gasteiger charge is 2.05. The van der Waals surface area contributed by atoms with Crippen molar-refractivity contribution in [3.8, 4) is 0 Å². The van der Waals surface area contributed by atoms with Crippen molar-refractivity contribution >= 4 is 39.7 Å². The van der Waals surface area contributed by atoms with Gasteiger partial charge < -0.3 is 4.42 Å². The molecule has 0 aliphatic rings. The van der Waals surface area contributed by atoms with Gasteiger partial charge >= 0.3 is 0 Å². The monoisotopic (exact) mass is 374 g/mol.